The number of amides is 1. The highest BCUT2D eigenvalue weighted by Gasteiger charge is 2.17. The largest absolute Gasteiger partial charge is 0.496 e. The highest BCUT2D eigenvalue weighted by atomic mass is 16.5. The van der Waals surface area contributed by atoms with E-state index in [9.17, 15) is 4.79 Å². The highest BCUT2D eigenvalue weighted by Crippen LogP contribution is 2.25. The lowest BCUT2D eigenvalue weighted by Crippen LogP contribution is -2.31. The molecule has 1 atom stereocenters. The first kappa shape index (κ1) is 12.5. The van der Waals surface area contributed by atoms with Crippen molar-refractivity contribution in [1.82, 2.24) is 5.32 Å². The fourth-order valence-corrected chi connectivity index (χ4v) is 1.66. The molecule has 0 aliphatic carbocycles. The van der Waals surface area contributed by atoms with Gasteiger partial charge in [0.05, 0.1) is 7.11 Å². The van der Waals surface area contributed by atoms with Gasteiger partial charge in [-0.15, -0.1) is 0 Å². The zero-order chi connectivity index (χ0) is 12.3. The molecule has 0 spiro atoms. The van der Waals surface area contributed by atoms with Crippen molar-refractivity contribution >= 4 is 5.91 Å². The molecule has 1 rings (SSSR count). The Bertz CT molecular complexity index is 402. The van der Waals surface area contributed by atoms with Crippen molar-refractivity contribution in [2.75, 3.05) is 14.2 Å². The molecule has 4 nitrogen and oxygen atoms in total. The molecule has 0 aromatic heterocycles. The first-order valence-corrected chi connectivity index (χ1v) is 5.13. The fraction of sp³-hybridized carbons (Fsp3) is 0.417. The van der Waals surface area contributed by atoms with E-state index in [4.69, 9.17) is 10.5 Å². The maximum Gasteiger partial charge on any atom is 0.241 e. The second-order valence-electron chi connectivity index (χ2n) is 3.77. The van der Waals surface area contributed by atoms with Gasteiger partial charge in [0, 0.05) is 7.05 Å². The van der Waals surface area contributed by atoms with Crippen LogP contribution in [-0.4, -0.2) is 20.1 Å². The average molecular weight is 222 g/mol. The number of carbonyl (C=O) groups is 1. The van der Waals surface area contributed by atoms with Crippen LogP contribution in [0, 0.1) is 13.8 Å². The van der Waals surface area contributed by atoms with Gasteiger partial charge in [0.25, 0.3) is 0 Å². The topological polar surface area (TPSA) is 64.4 Å². The van der Waals surface area contributed by atoms with Gasteiger partial charge in [0.15, 0.2) is 0 Å². The standard InChI is InChI=1S/C12H18N2O2/c1-7-6-10(16-4)8(2)5-9(7)11(13)12(15)14-3/h5-6,11H,13H2,1-4H3,(H,14,15). The summed E-state index contributed by atoms with van der Waals surface area (Å²) in [4.78, 5) is 11.5. The monoisotopic (exact) mass is 222 g/mol. The van der Waals surface area contributed by atoms with Crippen LogP contribution in [0.15, 0.2) is 12.1 Å². The molecule has 1 aromatic carbocycles. The van der Waals surface area contributed by atoms with Crippen molar-refractivity contribution < 1.29 is 9.53 Å². The Morgan fingerprint density at radius 1 is 1.38 bits per heavy atom. The maximum absolute atomic E-state index is 11.5. The average Bonchev–Trinajstić information content (AvgIpc) is 2.29. The number of ether oxygens (including phenoxy) is 1. The van der Waals surface area contributed by atoms with Crippen molar-refractivity contribution in [3.63, 3.8) is 0 Å². The van der Waals surface area contributed by atoms with Gasteiger partial charge in [-0.05, 0) is 36.6 Å². The summed E-state index contributed by atoms with van der Waals surface area (Å²) in [6.07, 6.45) is 0. The fourth-order valence-electron chi connectivity index (χ4n) is 1.66. The molecular weight excluding hydrogens is 204 g/mol. The third kappa shape index (κ3) is 2.33. The van der Waals surface area contributed by atoms with Crippen molar-refractivity contribution in [3.05, 3.63) is 28.8 Å². The summed E-state index contributed by atoms with van der Waals surface area (Å²) in [5.41, 5.74) is 8.62. The third-order valence-corrected chi connectivity index (χ3v) is 2.65. The molecule has 88 valence electrons. The van der Waals surface area contributed by atoms with Gasteiger partial charge in [0.2, 0.25) is 5.91 Å². The molecule has 4 heteroatoms. The number of rotatable bonds is 3. The van der Waals surface area contributed by atoms with Crippen molar-refractivity contribution in [2.24, 2.45) is 5.73 Å². The van der Waals surface area contributed by atoms with Crippen LogP contribution >= 0.6 is 0 Å². The smallest absolute Gasteiger partial charge is 0.241 e. The first-order chi connectivity index (χ1) is 7.51. The van der Waals surface area contributed by atoms with Crippen molar-refractivity contribution in [1.29, 1.82) is 0 Å². The Labute approximate surface area is 95.8 Å². The summed E-state index contributed by atoms with van der Waals surface area (Å²) in [6, 6.07) is 3.16. The van der Waals surface area contributed by atoms with Crippen molar-refractivity contribution in [2.45, 2.75) is 19.9 Å². The number of methoxy groups -OCH3 is 1. The van der Waals surface area contributed by atoms with Crippen molar-refractivity contribution in [3.8, 4) is 5.75 Å². The molecule has 3 N–H and O–H groups in total. The van der Waals surface area contributed by atoms with Crippen LogP contribution in [0.4, 0.5) is 0 Å². The third-order valence-electron chi connectivity index (χ3n) is 2.65. The number of benzene rings is 1. The first-order valence-electron chi connectivity index (χ1n) is 5.13. The molecule has 1 aromatic rings. The number of hydrogen-bond donors (Lipinski definition) is 2. The lowest BCUT2D eigenvalue weighted by molar-refractivity contribution is -0.122. The number of hydrogen-bond acceptors (Lipinski definition) is 3. The minimum absolute atomic E-state index is 0.187. The van der Waals surface area contributed by atoms with Crippen LogP contribution in [0.25, 0.3) is 0 Å². The molecule has 1 amide bonds. The van der Waals surface area contributed by atoms with Gasteiger partial charge in [-0.1, -0.05) is 6.07 Å². The Balaban J connectivity index is 3.15. The van der Waals surface area contributed by atoms with Gasteiger partial charge in [0.1, 0.15) is 11.8 Å². The minimum Gasteiger partial charge on any atom is -0.496 e. The molecule has 1 unspecified atom stereocenters. The Hall–Kier alpha value is -1.55. The SMILES string of the molecule is CNC(=O)C(N)c1cc(C)c(OC)cc1C. The van der Waals surface area contributed by atoms with E-state index < -0.39 is 6.04 Å². The number of nitrogens with two attached hydrogens (primary N) is 1. The van der Waals surface area contributed by atoms with Crippen LogP contribution < -0.4 is 15.8 Å². The lowest BCUT2D eigenvalue weighted by atomic mass is 9.98. The number of nitrogens with one attached hydrogen (secondary N) is 1. The van der Waals surface area contributed by atoms with Crippen LogP contribution in [-0.2, 0) is 4.79 Å². The number of aryl methyl sites for hydroxylation is 2. The zero-order valence-electron chi connectivity index (χ0n) is 10.1. The van der Waals surface area contributed by atoms with Gasteiger partial charge in [-0.3, -0.25) is 4.79 Å². The summed E-state index contributed by atoms with van der Waals surface area (Å²) in [5.74, 6) is 0.623. The summed E-state index contributed by atoms with van der Waals surface area (Å²) in [5, 5.41) is 2.54. The molecule has 0 bridgehead atoms. The number of carbonyl (C=O) groups excluding carboxylic acids is 1. The summed E-state index contributed by atoms with van der Waals surface area (Å²) in [7, 11) is 3.20. The predicted molar refractivity (Wildman–Crippen MR) is 63.5 cm³/mol. The van der Waals surface area contributed by atoms with Crippen LogP contribution in [0.2, 0.25) is 0 Å². The molecule has 0 radical (unpaired) electrons. The van der Waals surface area contributed by atoms with E-state index in [1.165, 1.54) is 0 Å². The Kier molecular flexibility index (Phi) is 3.90. The second kappa shape index (κ2) is 4.99. The van der Waals surface area contributed by atoms with Crippen LogP contribution in [0.5, 0.6) is 5.75 Å². The van der Waals surface area contributed by atoms with Crippen LogP contribution in [0.1, 0.15) is 22.7 Å². The second-order valence-corrected chi connectivity index (χ2v) is 3.77. The molecule has 0 saturated heterocycles. The Morgan fingerprint density at radius 3 is 2.50 bits per heavy atom. The summed E-state index contributed by atoms with van der Waals surface area (Å²) < 4.78 is 5.21. The van der Waals surface area contributed by atoms with Gasteiger partial charge in [-0.25, -0.2) is 0 Å². The van der Waals surface area contributed by atoms with E-state index in [2.05, 4.69) is 5.32 Å². The highest BCUT2D eigenvalue weighted by molar-refractivity contribution is 5.83. The maximum atomic E-state index is 11.5. The molecule has 0 aliphatic rings. The van der Waals surface area contributed by atoms with Gasteiger partial charge < -0.3 is 15.8 Å². The van der Waals surface area contributed by atoms with E-state index in [1.807, 2.05) is 26.0 Å². The van der Waals surface area contributed by atoms with E-state index in [0.29, 0.717) is 0 Å². The molecule has 0 saturated carbocycles. The quantitative estimate of drug-likeness (QED) is 0.803. The van der Waals surface area contributed by atoms with Crippen LogP contribution in [0.3, 0.4) is 0 Å². The molecule has 0 heterocycles. The summed E-state index contributed by atoms with van der Waals surface area (Å²) in [6.45, 7) is 3.85. The predicted octanol–water partition coefficient (Wildman–Crippen LogP) is 1.06. The Morgan fingerprint density at radius 2 is 2.00 bits per heavy atom. The molecular formula is C12H18N2O2. The van der Waals surface area contributed by atoms with E-state index in [0.717, 1.165) is 22.4 Å². The lowest BCUT2D eigenvalue weighted by Gasteiger charge is -2.16. The zero-order valence-corrected chi connectivity index (χ0v) is 10.1. The summed E-state index contributed by atoms with van der Waals surface area (Å²) >= 11 is 0. The van der Waals surface area contributed by atoms with E-state index >= 15 is 0 Å². The minimum atomic E-state index is -0.630. The normalized spacial score (nSPS) is 12.1. The van der Waals surface area contributed by atoms with Gasteiger partial charge >= 0.3 is 0 Å². The molecule has 0 aliphatic heterocycles. The number of likely N-dealkylation sites (N-methyl/N-ethyl adjacent to an activating group) is 1. The molecule has 16 heavy (non-hydrogen) atoms. The van der Waals surface area contributed by atoms with E-state index in [-0.39, 0.29) is 5.91 Å². The van der Waals surface area contributed by atoms with E-state index in [1.54, 1.807) is 14.2 Å². The van der Waals surface area contributed by atoms with Gasteiger partial charge in [-0.2, -0.15) is 0 Å². The molecule has 0 fully saturated rings.